The van der Waals surface area contributed by atoms with E-state index in [1.54, 1.807) is 0 Å². The molecule has 1 aromatic rings. The highest BCUT2D eigenvalue weighted by molar-refractivity contribution is 5.81. The second-order valence-electron chi connectivity index (χ2n) is 6.91. The third kappa shape index (κ3) is 2.58. The molecule has 5 heteroatoms. The Balaban J connectivity index is 1.29. The Kier molecular flexibility index (Phi) is 3.43. The molecule has 1 amide bonds. The van der Waals surface area contributed by atoms with Crippen LogP contribution in [0.25, 0.3) is 0 Å². The minimum Gasteiger partial charge on any atom is -0.349 e. The van der Waals surface area contributed by atoms with Crippen molar-refractivity contribution in [1.29, 1.82) is 0 Å². The molecule has 4 rings (SSSR count). The van der Waals surface area contributed by atoms with E-state index in [1.165, 1.54) is 32.1 Å². The van der Waals surface area contributed by atoms with Crippen LogP contribution in [0, 0.1) is 17.8 Å². The lowest BCUT2D eigenvalue weighted by atomic mass is 9.85. The van der Waals surface area contributed by atoms with Crippen LogP contribution in [0.4, 0.5) is 0 Å². The first kappa shape index (κ1) is 13.3. The van der Waals surface area contributed by atoms with E-state index in [-0.39, 0.29) is 11.8 Å². The highest BCUT2D eigenvalue weighted by Crippen LogP contribution is 2.49. The zero-order chi connectivity index (χ0) is 14.2. The molecule has 0 bridgehead atoms. The second-order valence-corrected chi connectivity index (χ2v) is 6.91. The molecule has 2 fully saturated rings. The fraction of sp³-hybridized carbons (Fsp3) is 0.812. The first-order valence-electron chi connectivity index (χ1n) is 8.51. The van der Waals surface area contributed by atoms with Gasteiger partial charge in [0.05, 0.1) is 6.54 Å². The van der Waals surface area contributed by atoms with Gasteiger partial charge in [-0.15, -0.1) is 10.2 Å². The lowest BCUT2D eigenvalue weighted by Gasteiger charge is -2.21. The van der Waals surface area contributed by atoms with E-state index in [0.717, 1.165) is 43.4 Å². The predicted molar refractivity (Wildman–Crippen MR) is 78.4 cm³/mol. The van der Waals surface area contributed by atoms with Crippen molar-refractivity contribution in [2.24, 2.45) is 17.8 Å². The number of aryl methyl sites for hydroxylation is 1. The number of nitrogens with zero attached hydrogens (tertiary/aromatic N) is 3. The van der Waals surface area contributed by atoms with Crippen LogP contribution < -0.4 is 5.32 Å². The maximum absolute atomic E-state index is 12.3. The number of aromatic nitrogens is 3. The Morgan fingerprint density at radius 3 is 2.90 bits per heavy atom. The highest BCUT2D eigenvalue weighted by atomic mass is 16.2. The summed E-state index contributed by atoms with van der Waals surface area (Å²) >= 11 is 0. The Morgan fingerprint density at radius 1 is 1.19 bits per heavy atom. The summed E-state index contributed by atoms with van der Waals surface area (Å²) in [6.07, 6.45) is 10.1. The van der Waals surface area contributed by atoms with Crippen LogP contribution in [0.3, 0.4) is 0 Å². The molecule has 0 spiro atoms. The highest BCUT2D eigenvalue weighted by Gasteiger charge is 2.47. The van der Waals surface area contributed by atoms with Crippen molar-refractivity contribution in [2.75, 3.05) is 0 Å². The van der Waals surface area contributed by atoms with Crippen LogP contribution in [0.15, 0.2) is 0 Å². The quantitative estimate of drug-likeness (QED) is 0.922. The van der Waals surface area contributed by atoms with Gasteiger partial charge in [-0.2, -0.15) is 0 Å². The van der Waals surface area contributed by atoms with Crippen LogP contribution in [-0.2, 0) is 24.3 Å². The molecule has 3 aliphatic rings. The number of nitrogens with one attached hydrogen (secondary N) is 1. The molecular weight excluding hydrogens is 264 g/mol. The Labute approximate surface area is 125 Å². The molecular formula is C16H24N4O. The molecule has 5 nitrogen and oxygen atoms in total. The number of hydrogen-bond donors (Lipinski definition) is 1. The maximum Gasteiger partial charge on any atom is 0.223 e. The minimum absolute atomic E-state index is 0.237. The molecule has 1 aromatic heterocycles. The van der Waals surface area contributed by atoms with Gasteiger partial charge in [0.2, 0.25) is 5.91 Å². The molecule has 21 heavy (non-hydrogen) atoms. The van der Waals surface area contributed by atoms with Crippen LogP contribution in [0.1, 0.15) is 56.6 Å². The van der Waals surface area contributed by atoms with Gasteiger partial charge in [-0.05, 0) is 24.7 Å². The summed E-state index contributed by atoms with van der Waals surface area (Å²) in [5, 5.41) is 11.5. The number of amides is 1. The van der Waals surface area contributed by atoms with Crippen molar-refractivity contribution in [3.05, 3.63) is 11.6 Å². The summed E-state index contributed by atoms with van der Waals surface area (Å²) in [5.74, 6) is 3.98. The first-order chi connectivity index (χ1) is 10.3. The van der Waals surface area contributed by atoms with Gasteiger partial charge in [-0.25, -0.2) is 0 Å². The van der Waals surface area contributed by atoms with E-state index in [9.17, 15) is 4.79 Å². The second kappa shape index (κ2) is 5.43. The summed E-state index contributed by atoms with van der Waals surface area (Å²) in [5.41, 5.74) is 0. The molecule has 2 aliphatic carbocycles. The standard InChI is InChI=1S/C16H24N4O/c21-16(13-9-12(13)11-5-2-1-3-6-11)17-10-15-19-18-14-7-4-8-20(14)15/h11-13H,1-10H2,(H,17,21). The normalized spacial score (nSPS) is 28.4. The molecule has 2 saturated carbocycles. The van der Waals surface area contributed by atoms with E-state index in [2.05, 4.69) is 20.1 Å². The Morgan fingerprint density at radius 2 is 2.05 bits per heavy atom. The Bertz CT molecular complexity index is 532. The molecule has 2 heterocycles. The number of carbonyl (C=O) groups excluding carboxylic acids is 1. The third-order valence-corrected chi connectivity index (χ3v) is 5.54. The van der Waals surface area contributed by atoms with Crippen LogP contribution in [0.5, 0.6) is 0 Å². The molecule has 1 aliphatic heterocycles. The minimum atomic E-state index is 0.237. The lowest BCUT2D eigenvalue weighted by Crippen LogP contribution is -2.27. The zero-order valence-corrected chi connectivity index (χ0v) is 12.6. The molecule has 0 aromatic carbocycles. The van der Waals surface area contributed by atoms with E-state index >= 15 is 0 Å². The molecule has 0 saturated heterocycles. The van der Waals surface area contributed by atoms with E-state index in [0.29, 0.717) is 12.5 Å². The van der Waals surface area contributed by atoms with Crippen molar-refractivity contribution in [3.63, 3.8) is 0 Å². The number of carbonyl (C=O) groups is 1. The van der Waals surface area contributed by atoms with Crippen molar-refractivity contribution >= 4 is 5.91 Å². The smallest absolute Gasteiger partial charge is 0.223 e. The van der Waals surface area contributed by atoms with Gasteiger partial charge in [-0.1, -0.05) is 32.1 Å². The van der Waals surface area contributed by atoms with Gasteiger partial charge in [0.25, 0.3) is 0 Å². The fourth-order valence-electron chi connectivity index (χ4n) is 4.24. The average molecular weight is 288 g/mol. The number of fused-ring (bicyclic) bond motifs is 1. The summed E-state index contributed by atoms with van der Waals surface area (Å²) in [7, 11) is 0. The van der Waals surface area contributed by atoms with Crippen LogP contribution in [0.2, 0.25) is 0 Å². The van der Waals surface area contributed by atoms with Gasteiger partial charge < -0.3 is 9.88 Å². The summed E-state index contributed by atoms with van der Waals surface area (Å²) in [6, 6.07) is 0. The monoisotopic (exact) mass is 288 g/mol. The summed E-state index contributed by atoms with van der Waals surface area (Å²) in [4.78, 5) is 12.3. The van der Waals surface area contributed by atoms with E-state index in [1.807, 2.05) is 0 Å². The Hall–Kier alpha value is -1.39. The summed E-state index contributed by atoms with van der Waals surface area (Å²) in [6.45, 7) is 1.54. The van der Waals surface area contributed by atoms with E-state index in [4.69, 9.17) is 0 Å². The fourth-order valence-corrected chi connectivity index (χ4v) is 4.24. The largest absolute Gasteiger partial charge is 0.349 e. The first-order valence-corrected chi connectivity index (χ1v) is 8.51. The molecule has 0 radical (unpaired) electrons. The summed E-state index contributed by atoms with van der Waals surface area (Å²) < 4.78 is 2.16. The molecule has 1 N–H and O–H groups in total. The van der Waals surface area contributed by atoms with Gasteiger partial charge in [-0.3, -0.25) is 4.79 Å². The SMILES string of the molecule is O=C(NCc1nnc2n1CCC2)C1CC1C1CCCCC1. The average Bonchev–Trinajstić information content (AvgIpc) is 3.03. The molecule has 114 valence electrons. The van der Waals surface area contributed by atoms with Gasteiger partial charge >= 0.3 is 0 Å². The van der Waals surface area contributed by atoms with Crippen molar-refractivity contribution in [2.45, 2.75) is 64.5 Å². The maximum atomic E-state index is 12.3. The van der Waals surface area contributed by atoms with Crippen LogP contribution in [-0.4, -0.2) is 20.7 Å². The lowest BCUT2D eigenvalue weighted by molar-refractivity contribution is -0.123. The molecule has 2 atom stereocenters. The van der Waals surface area contributed by atoms with Crippen molar-refractivity contribution < 1.29 is 4.79 Å². The zero-order valence-electron chi connectivity index (χ0n) is 12.6. The van der Waals surface area contributed by atoms with E-state index < -0.39 is 0 Å². The molecule has 2 unspecified atom stereocenters. The third-order valence-electron chi connectivity index (χ3n) is 5.54. The number of hydrogen-bond acceptors (Lipinski definition) is 3. The van der Waals surface area contributed by atoms with Gasteiger partial charge in [0, 0.05) is 18.9 Å². The van der Waals surface area contributed by atoms with Crippen molar-refractivity contribution in [3.8, 4) is 0 Å². The van der Waals surface area contributed by atoms with Gasteiger partial charge in [0.1, 0.15) is 5.82 Å². The van der Waals surface area contributed by atoms with Crippen molar-refractivity contribution in [1.82, 2.24) is 20.1 Å². The predicted octanol–water partition coefficient (Wildman–Crippen LogP) is 2.06. The van der Waals surface area contributed by atoms with Crippen LogP contribution >= 0.6 is 0 Å². The topological polar surface area (TPSA) is 59.8 Å². The van der Waals surface area contributed by atoms with Gasteiger partial charge in [0.15, 0.2) is 5.82 Å². The number of rotatable bonds is 4.